The van der Waals surface area contributed by atoms with Crippen molar-refractivity contribution in [3.05, 3.63) is 396 Å². The Morgan fingerprint density at radius 1 is 0.232 bits per heavy atom. The highest BCUT2D eigenvalue weighted by atomic mass is 15.0. The molecule has 0 N–H and O–H groups in total. The average Bonchev–Trinajstić information content (AvgIpc) is 1.56. The largest absolute Gasteiger partial charge is 0.309 e. The molecule has 112 heavy (non-hydrogen) atoms. The van der Waals surface area contributed by atoms with Crippen molar-refractivity contribution in [3.8, 4) is 123 Å². The van der Waals surface area contributed by atoms with E-state index in [1.54, 1.807) is 0 Å². The lowest BCUT2D eigenvalue weighted by Crippen LogP contribution is -2.14. The Labute approximate surface area is 651 Å². The van der Waals surface area contributed by atoms with Crippen molar-refractivity contribution in [2.45, 2.75) is 63.7 Å². The van der Waals surface area contributed by atoms with Crippen LogP contribution in [0.1, 0.15) is 97.5 Å². The van der Waals surface area contributed by atoms with Gasteiger partial charge < -0.3 is 9.13 Å². The minimum absolute atomic E-state index is 0.0714. The first-order chi connectivity index (χ1) is 54.8. The van der Waals surface area contributed by atoms with Crippen molar-refractivity contribution in [2.75, 3.05) is 0 Å². The molecular formula is C108H76N4. The topological polar surface area (TPSA) is 35.6 Å². The summed E-state index contributed by atoms with van der Waals surface area (Å²) in [5.74, 6) is 0.732. The molecule has 4 heteroatoms. The Kier molecular flexibility index (Phi) is 13.7. The summed E-state index contributed by atoms with van der Waals surface area (Å²) in [5.41, 5.74) is 42.5. The maximum atomic E-state index is 5.76. The van der Waals surface area contributed by atoms with E-state index in [1.807, 2.05) is 0 Å². The summed E-state index contributed by atoms with van der Waals surface area (Å²) in [6.45, 7) is 14.2. The van der Waals surface area contributed by atoms with E-state index in [4.69, 9.17) is 9.97 Å². The van der Waals surface area contributed by atoms with Crippen molar-refractivity contribution in [1.29, 1.82) is 0 Å². The number of benzene rings is 16. The molecule has 0 radical (unpaired) electrons. The maximum absolute atomic E-state index is 5.76. The van der Waals surface area contributed by atoms with E-state index in [9.17, 15) is 0 Å². The lowest BCUT2D eigenvalue weighted by Gasteiger charge is -2.22. The standard InChI is InChI=1S/C108H76N4/c1-106(2)92-29-14-9-23-79(92)82-50-41-69(59-95(82)106)68-40-49-78-77-22-7-8-28-89(77)103(90(78)57-68)65-36-34-64(35-37-65)67-46-55-98-91(58-67)104(66-38-47-75(48-39-66)111-99-32-17-12-26-85(99)87-53-44-72(62-101(87)111)70-42-51-83-80-24-10-15-30-93(80)107(3,4)96(83)60-70)110-105(109-98)74-20-19-21-76(56-74)112-100-33-18-13-27-86(100)88-54-45-73(63-102(88)112)71-43-52-84-81-25-11-16-31-94(81)108(5,6)97(84)61-71/h7-63,103H,1-6H3. The van der Waals surface area contributed by atoms with Gasteiger partial charge in [-0.25, -0.2) is 9.97 Å². The maximum Gasteiger partial charge on any atom is 0.160 e. The van der Waals surface area contributed by atoms with Crippen molar-refractivity contribution in [2.24, 2.45) is 0 Å². The van der Waals surface area contributed by atoms with Crippen LogP contribution >= 0.6 is 0 Å². The van der Waals surface area contributed by atoms with Crippen molar-refractivity contribution < 1.29 is 0 Å². The van der Waals surface area contributed by atoms with Crippen LogP contribution in [0, 0.1) is 0 Å². The van der Waals surface area contributed by atoms with Crippen LogP contribution in [-0.2, 0) is 16.2 Å². The molecular weight excluding hydrogens is 1350 g/mol. The van der Waals surface area contributed by atoms with Gasteiger partial charge in [0.1, 0.15) is 0 Å². The fourth-order valence-electron chi connectivity index (χ4n) is 20.3. The Morgan fingerprint density at radius 2 is 0.634 bits per heavy atom. The highest BCUT2D eigenvalue weighted by Crippen LogP contribution is 2.55. The lowest BCUT2D eigenvalue weighted by molar-refractivity contribution is 0.660. The van der Waals surface area contributed by atoms with Crippen LogP contribution < -0.4 is 0 Å². The van der Waals surface area contributed by atoms with Gasteiger partial charge in [0, 0.05) is 71.6 Å². The van der Waals surface area contributed by atoms with Crippen molar-refractivity contribution in [1.82, 2.24) is 19.1 Å². The van der Waals surface area contributed by atoms with Crippen LogP contribution in [0.4, 0.5) is 0 Å². The minimum atomic E-state index is -0.110. The third kappa shape index (κ3) is 9.42. The van der Waals surface area contributed by atoms with E-state index >= 15 is 0 Å². The molecule has 0 saturated heterocycles. The van der Waals surface area contributed by atoms with Crippen LogP contribution in [0.2, 0.25) is 0 Å². The molecule has 0 saturated carbocycles. The highest BCUT2D eigenvalue weighted by Gasteiger charge is 2.39. The zero-order valence-electron chi connectivity index (χ0n) is 63.3. The lowest BCUT2D eigenvalue weighted by atomic mass is 9.81. The first-order valence-electron chi connectivity index (χ1n) is 39.4. The number of fused-ring (bicyclic) bond motifs is 19. The SMILES string of the molecule is CC1(C)c2ccccc2-c2ccc(-c3ccc4c(c3)C(c3ccc(-c5ccc6nc(-c7cccc(-n8c9ccccc9c9ccc(-c%10ccc%11c(c%10)C(C)(C)c%10ccccc%10-%11)cc98)c7)nc(-c7ccc(-n8c9ccccc9c9ccc(-c%10ccc%11c(c%10)C(C)(C)c%10ccccc%10-%11)cc98)cc7)c6c5)cc3)c3ccccc3-4)cc21. The molecule has 3 aromatic heterocycles. The number of nitrogens with zero attached hydrogens (tertiary/aromatic N) is 4. The summed E-state index contributed by atoms with van der Waals surface area (Å²) in [7, 11) is 0. The van der Waals surface area contributed by atoms with E-state index < -0.39 is 0 Å². The van der Waals surface area contributed by atoms with Gasteiger partial charge in [0.2, 0.25) is 0 Å². The Bertz CT molecular complexity index is 7270. The van der Waals surface area contributed by atoms with E-state index in [0.717, 1.165) is 72.3 Å². The molecule has 4 aliphatic carbocycles. The van der Waals surface area contributed by atoms with Crippen LogP contribution in [0.3, 0.4) is 0 Å². The van der Waals surface area contributed by atoms with Gasteiger partial charge in [0.05, 0.1) is 33.3 Å². The molecule has 0 spiro atoms. The minimum Gasteiger partial charge on any atom is -0.309 e. The summed E-state index contributed by atoms with van der Waals surface area (Å²) in [4.78, 5) is 11.3. The van der Waals surface area contributed by atoms with Gasteiger partial charge in [-0.2, -0.15) is 0 Å². The fourth-order valence-corrected chi connectivity index (χ4v) is 20.3. The predicted molar refractivity (Wildman–Crippen MR) is 466 cm³/mol. The van der Waals surface area contributed by atoms with Gasteiger partial charge in [-0.05, 0) is 224 Å². The average molecular weight is 1430 g/mol. The van der Waals surface area contributed by atoms with Crippen molar-refractivity contribution >= 4 is 54.5 Å². The van der Waals surface area contributed by atoms with Crippen LogP contribution in [0.15, 0.2) is 346 Å². The molecule has 0 fully saturated rings. The van der Waals surface area contributed by atoms with Crippen LogP contribution in [0.25, 0.3) is 178 Å². The molecule has 1 atom stereocenters. The van der Waals surface area contributed by atoms with Gasteiger partial charge in [0.25, 0.3) is 0 Å². The van der Waals surface area contributed by atoms with Gasteiger partial charge in [-0.1, -0.05) is 302 Å². The second-order valence-corrected chi connectivity index (χ2v) is 33.1. The normalized spacial score (nSPS) is 14.8. The Morgan fingerprint density at radius 3 is 1.19 bits per heavy atom. The van der Waals surface area contributed by atoms with Gasteiger partial charge in [-0.15, -0.1) is 0 Å². The van der Waals surface area contributed by atoms with Crippen LogP contribution in [0.5, 0.6) is 0 Å². The van der Waals surface area contributed by atoms with Gasteiger partial charge >= 0.3 is 0 Å². The number of hydrogen-bond donors (Lipinski definition) is 0. The molecule has 16 aromatic carbocycles. The first kappa shape index (κ1) is 64.5. The monoisotopic (exact) mass is 1430 g/mol. The summed E-state index contributed by atoms with van der Waals surface area (Å²) < 4.78 is 4.88. The second kappa shape index (κ2) is 23.7. The number of rotatable bonds is 9. The third-order valence-electron chi connectivity index (χ3n) is 26.1. The summed E-state index contributed by atoms with van der Waals surface area (Å²) in [6.07, 6.45) is 0. The third-order valence-corrected chi connectivity index (χ3v) is 26.1. The predicted octanol–water partition coefficient (Wildman–Crippen LogP) is 27.9. The summed E-state index contributed by atoms with van der Waals surface area (Å²) in [5, 5.41) is 5.84. The molecule has 0 bridgehead atoms. The molecule has 4 aliphatic rings. The van der Waals surface area contributed by atoms with Crippen molar-refractivity contribution in [3.63, 3.8) is 0 Å². The zero-order chi connectivity index (χ0) is 74.6. The quantitative estimate of drug-likeness (QED) is 0.144. The molecule has 3 heterocycles. The van der Waals surface area contributed by atoms with E-state index in [2.05, 4.69) is 396 Å². The number of para-hydroxylation sites is 2. The molecule has 1 unspecified atom stereocenters. The molecule has 19 aromatic rings. The number of aromatic nitrogens is 4. The zero-order valence-corrected chi connectivity index (χ0v) is 63.3. The molecule has 0 amide bonds. The summed E-state index contributed by atoms with van der Waals surface area (Å²) >= 11 is 0. The summed E-state index contributed by atoms with van der Waals surface area (Å²) in [6, 6.07) is 130. The Hall–Kier alpha value is -13.5. The highest BCUT2D eigenvalue weighted by molar-refractivity contribution is 6.12. The number of hydrogen-bond acceptors (Lipinski definition) is 2. The molecule has 23 rings (SSSR count). The first-order valence-corrected chi connectivity index (χ1v) is 39.4. The smallest absolute Gasteiger partial charge is 0.160 e. The van der Waals surface area contributed by atoms with E-state index in [-0.39, 0.29) is 22.2 Å². The van der Waals surface area contributed by atoms with E-state index in [0.29, 0.717) is 5.82 Å². The molecule has 0 aliphatic heterocycles. The Balaban J connectivity index is 0.639. The molecule has 528 valence electrons. The van der Waals surface area contributed by atoms with Gasteiger partial charge in [-0.3, -0.25) is 0 Å². The van der Waals surface area contributed by atoms with Gasteiger partial charge in [0.15, 0.2) is 5.82 Å². The van der Waals surface area contributed by atoms with Crippen LogP contribution in [-0.4, -0.2) is 19.1 Å². The van der Waals surface area contributed by atoms with E-state index in [1.165, 1.54) is 150 Å². The molecule has 4 nitrogen and oxygen atoms in total. The second-order valence-electron chi connectivity index (χ2n) is 33.1. The fraction of sp³-hybridized carbons (Fsp3) is 0.0926.